The molecule has 3 N–H and O–H groups in total. The Hall–Kier alpha value is -2.17. The van der Waals surface area contributed by atoms with Crippen LogP contribution in [0.2, 0.25) is 0 Å². The fourth-order valence-corrected chi connectivity index (χ4v) is 3.50. The molecule has 0 aliphatic heterocycles. The SMILES string of the molecule is CCNC(=S)NC(Cc1csc2ccccc12)C(=O)NCC#N. The van der Waals surface area contributed by atoms with Gasteiger partial charge in [0.1, 0.15) is 12.6 Å². The number of nitrogens with one attached hydrogen (secondary N) is 3. The highest BCUT2D eigenvalue weighted by Gasteiger charge is 2.21. The third-order valence-electron chi connectivity index (χ3n) is 3.29. The van der Waals surface area contributed by atoms with Crippen molar-refractivity contribution < 1.29 is 4.79 Å². The Kier molecular flexibility index (Phi) is 6.32. The van der Waals surface area contributed by atoms with Crippen molar-refractivity contribution in [3.8, 4) is 6.07 Å². The van der Waals surface area contributed by atoms with E-state index in [9.17, 15) is 4.79 Å². The summed E-state index contributed by atoms with van der Waals surface area (Å²) in [4.78, 5) is 12.3. The van der Waals surface area contributed by atoms with Gasteiger partial charge in [-0.15, -0.1) is 11.3 Å². The normalized spacial score (nSPS) is 11.5. The monoisotopic (exact) mass is 346 g/mol. The van der Waals surface area contributed by atoms with Crippen molar-refractivity contribution in [3.05, 3.63) is 35.2 Å². The Balaban J connectivity index is 2.17. The molecule has 2 aromatic rings. The molecule has 1 aromatic heterocycles. The van der Waals surface area contributed by atoms with Gasteiger partial charge in [-0.1, -0.05) is 18.2 Å². The highest BCUT2D eigenvalue weighted by atomic mass is 32.1. The summed E-state index contributed by atoms with van der Waals surface area (Å²) in [6.07, 6.45) is 0.507. The average Bonchev–Trinajstić information content (AvgIpc) is 2.95. The molecule has 2 rings (SSSR count). The summed E-state index contributed by atoms with van der Waals surface area (Å²) in [6, 6.07) is 9.49. The Labute approximate surface area is 144 Å². The van der Waals surface area contributed by atoms with Gasteiger partial charge in [-0.3, -0.25) is 4.79 Å². The topological polar surface area (TPSA) is 76.9 Å². The fraction of sp³-hybridized carbons (Fsp3) is 0.312. The van der Waals surface area contributed by atoms with Crippen LogP contribution in [0.5, 0.6) is 0 Å². The summed E-state index contributed by atoms with van der Waals surface area (Å²) in [5.74, 6) is -0.234. The van der Waals surface area contributed by atoms with Gasteiger partial charge in [0.2, 0.25) is 5.91 Å². The number of hydrogen-bond donors (Lipinski definition) is 3. The highest BCUT2D eigenvalue weighted by Crippen LogP contribution is 2.26. The molecule has 0 bridgehead atoms. The summed E-state index contributed by atoms with van der Waals surface area (Å²) in [7, 11) is 0. The molecule has 0 fully saturated rings. The van der Waals surface area contributed by atoms with Gasteiger partial charge >= 0.3 is 0 Å². The lowest BCUT2D eigenvalue weighted by Crippen LogP contribution is -2.51. The first-order valence-electron chi connectivity index (χ1n) is 7.29. The number of fused-ring (bicyclic) bond motifs is 1. The summed E-state index contributed by atoms with van der Waals surface area (Å²) in [5.41, 5.74) is 1.09. The van der Waals surface area contributed by atoms with E-state index in [2.05, 4.69) is 27.4 Å². The van der Waals surface area contributed by atoms with Crippen molar-refractivity contribution in [3.63, 3.8) is 0 Å². The third-order valence-corrected chi connectivity index (χ3v) is 4.56. The third kappa shape index (κ3) is 4.65. The molecule has 1 heterocycles. The van der Waals surface area contributed by atoms with E-state index in [1.165, 1.54) is 4.70 Å². The van der Waals surface area contributed by atoms with Crippen LogP contribution in [0.1, 0.15) is 12.5 Å². The molecule has 0 saturated heterocycles. The predicted molar refractivity (Wildman–Crippen MR) is 97.4 cm³/mol. The molecule has 1 unspecified atom stereocenters. The van der Waals surface area contributed by atoms with E-state index < -0.39 is 6.04 Å². The second-order valence-corrected chi connectivity index (χ2v) is 6.21. The number of rotatable bonds is 6. The molecule has 120 valence electrons. The van der Waals surface area contributed by atoms with Crippen LogP contribution >= 0.6 is 23.6 Å². The molecule has 1 atom stereocenters. The zero-order valence-corrected chi connectivity index (χ0v) is 14.4. The molecule has 0 radical (unpaired) electrons. The quantitative estimate of drug-likeness (QED) is 0.550. The van der Waals surface area contributed by atoms with Crippen molar-refractivity contribution in [2.45, 2.75) is 19.4 Å². The van der Waals surface area contributed by atoms with E-state index >= 15 is 0 Å². The van der Waals surface area contributed by atoms with Gasteiger partial charge < -0.3 is 16.0 Å². The van der Waals surface area contributed by atoms with Crippen molar-refractivity contribution in [2.75, 3.05) is 13.1 Å². The molecule has 1 amide bonds. The molecule has 0 saturated carbocycles. The molecule has 5 nitrogen and oxygen atoms in total. The van der Waals surface area contributed by atoms with Crippen LogP contribution in [0.25, 0.3) is 10.1 Å². The van der Waals surface area contributed by atoms with E-state index in [0.29, 0.717) is 18.1 Å². The average molecular weight is 346 g/mol. The molecule has 23 heavy (non-hydrogen) atoms. The van der Waals surface area contributed by atoms with Crippen LogP contribution in [-0.2, 0) is 11.2 Å². The molecule has 0 spiro atoms. The number of thiocarbonyl (C=S) groups is 1. The lowest BCUT2D eigenvalue weighted by Gasteiger charge is -2.19. The first kappa shape index (κ1) is 17.2. The number of carbonyl (C=O) groups excluding carboxylic acids is 1. The number of thiophene rings is 1. The second kappa shape index (κ2) is 8.46. The van der Waals surface area contributed by atoms with Gasteiger partial charge in [0, 0.05) is 17.7 Å². The van der Waals surface area contributed by atoms with Crippen LogP contribution in [0, 0.1) is 11.3 Å². The zero-order chi connectivity index (χ0) is 16.7. The first-order chi connectivity index (χ1) is 11.2. The zero-order valence-electron chi connectivity index (χ0n) is 12.8. The molecular formula is C16H18N4OS2. The summed E-state index contributed by atoms with van der Waals surface area (Å²) >= 11 is 6.84. The summed E-state index contributed by atoms with van der Waals surface area (Å²) in [5, 5.41) is 20.9. The highest BCUT2D eigenvalue weighted by molar-refractivity contribution is 7.80. The number of hydrogen-bond acceptors (Lipinski definition) is 4. The molecule has 7 heteroatoms. The maximum atomic E-state index is 12.3. The largest absolute Gasteiger partial charge is 0.363 e. The lowest BCUT2D eigenvalue weighted by molar-refractivity contribution is -0.122. The van der Waals surface area contributed by atoms with Gasteiger partial charge in [-0.25, -0.2) is 0 Å². The van der Waals surface area contributed by atoms with Gasteiger partial charge in [-0.2, -0.15) is 5.26 Å². The number of nitrogens with zero attached hydrogens (tertiary/aromatic N) is 1. The van der Waals surface area contributed by atoms with Gasteiger partial charge in [-0.05, 0) is 41.5 Å². The van der Waals surface area contributed by atoms with Crippen molar-refractivity contribution >= 4 is 44.7 Å². The van der Waals surface area contributed by atoms with Crippen molar-refractivity contribution in [1.29, 1.82) is 5.26 Å². The van der Waals surface area contributed by atoms with E-state index in [0.717, 1.165) is 10.9 Å². The minimum atomic E-state index is -0.520. The first-order valence-corrected chi connectivity index (χ1v) is 8.58. The van der Waals surface area contributed by atoms with E-state index in [-0.39, 0.29) is 12.5 Å². The van der Waals surface area contributed by atoms with Crippen LogP contribution in [0.15, 0.2) is 29.6 Å². The van der Waals surface area contributed by atoms with Crippen LogP contribution in [0.4, 0.5) is 0 Å². The Bertz CT molecular complexity index is 735. The Morgan fingerprint density at radius 1 is 1.39 bits per heavy atom. The van der Waals surface area contributed by atoms with Gasteiger partial charge in [0.05, 0.1) is 6.07 Å². The van der Waals surface area contributed by atoms with Crippen LogP contribution < -0.4 is 16.0 Å². The number of benzene rings is 1. The maximum absolute atomic E-state index is 12.3. The minimum absolute atomic E-state index is 0.0185. The number of nitriles is 1. The van der Waals surface area contributed by atoms with Gasteiger partial charge in [0.15, 0.2) is 5.11 Å². The molecule has 0 aliphatic rings. The van der Waals surface area contributed by atoms with Crippen LogP contribution in [0.3, 0.4) is 0 Å². The van der Waals surface area contributed by atoms with E-state index in [4.69, 9.17) is 17.5 Å². The van der Waals surface area contributed by atoms with Crippen molar-refractivity contribution in [1.82, 2.24) is 16.0 Å². The summed E-state index contributed by atoms with van der Waals surface area (Å²) in [6.45, 7) is 2.60. The Morgan fingerprint density at radius 2 is 2.17 bits per heavy atom. The lowest BCUT2D eigenvalue weighted by atomic mass is 10.0. The van der Waals surface area contributed by atoms with E-state index in [1.807, 2.05) is 31.2 Å². The molecular weight excluding hydrogens is 328 g/mol. The predicted octanol–water partition coefficient (Wildman–Crippen LogP) is 1.94. The van der Waals surface area contributed by atoms with Gasteiger partial charge in [0.25, 0.3) is 0 Å². The molecule has 1 aromatic carbocycles. The standard InChI is InChI=1S/C16H18N4OS2/c1-2-18-16(22)20-13(15(21)19-8-7-17)9-11-10-23-14-6-4-3-5-12(11)14/h3-6,10,13H,2,8-9H2,1H3,(H,19,21)(H2,18,20,22). The minimum Gasteiger partial charge on any atom is -0.363 e. The Morgan fingerprint density at radius 3 is 2.91 bits per heavy atom. The van der Waals surface area contributed by atoms with Crippen molar-refractivity contribution in [2.24, 2.45) is 0 Å². The van der Waals surface area contributed by atoms with E-state index in [1.54, 1.807) is 11.3 Å². The smallest absolute Gasteiger partial charge is 0.243 e. The second-order valence-electron chi connectivity index (χ2n) is 4.89. The fourth-order valence-electron chi connectivity index (χ4n) is 2.24. The maximum Gasteiger partial charge on any atom is 0.243 e. The molecule has 0 aliphatic carbocycles. The number of carbonyl (C=O) groups is 1. The van der Waals surface area contributed by atoms with Crippen LogP contribution in [-0.4, -0.2) is 30.2 Å². The number of amides is 1. The summed E-state index contributed by atoms with van der Waals surface area (Å²) < 4.78 is 1.19.